The minimum atomic E-state index is 0.343. The van der Waals surface area contributed by atoms with Crippen LogP contribution in [0, 0.1) is 12.3 Å². The molecular weight excluding hydrogens is 162 g/mol. The van der Waals surface area contributed by atoms with E-state index in [2.05, 4.69) is 6.58 Å². The second kappa shape index (κ2) is 2.73. The van der Waals surface area contributed by atoms with Crippen molar-refractivity contribution in [2.45, 2.75) is 6.92 Å². The molecule has 0 amide bonds. The Bertz CT molecular complexity index is 393. The van der Waals surface area contributed by atoms with Crippen LogP contribution in [0.25, 0.3) is 5.76 Å². The van der Waals surface area contributed by atoms with E-state index in [1.807, 2.05) is 25.1 Å². The quantitative estimate of drug-likeness (QED) is 0.642. The molecule has 0 atom stereocenters. The molecule has 0 saturated carbocycles. The molecule has 1 aromatic carbocycles. The molecule has 13 heavy (non-hydrogen) atoms. The lowest BCUT2D eigenvalue weighted by atomic mass is 9.96. The van der Waals surface area contributed by atoms with Gasteiger partial charge in [-0.2, -0.15) is 0 Å². The molecule has 1 aliphatic rings. The van der Waals surface area contributed by atoms with Gasteiger partial charge in [-0.1, -0.05) is 24.8 Å². The molecule has 1 N–H and O–H groups in total. The number of ether oxygens (including phenoxy) is 1. The molecule has 1 aromatic rings. The maximum Gasteiger partial charge on any atom is 0.130 e. The summed E-state index contributed by atoms with van der Waals surface area (Å²) in [4.78, 5) is 0. The second-order valence-corrected chi connectivity index (χ2v) is 3.19. The van der Waals surface area contributed by atoms with E-state index in [1.54, 1.807) is 0 Å². The van der Waals surface area contributed by atoms with Gasteiger partial charge in [0.1, 0.15) is 12.4 Å². The lowest BCUT2D eigenvalue weighted by molar-refractivity contribution is 0.328. The smallest absolute Gasteiger partial charge is 0.130 e. The van der Waals surface area contributed by atoms with Crippen LogP contribution in [0.5, 0.6) is 0 Å². The number of nitrogens with one attached hydrogen (secondary N) is 1. The minimum Gasteiger partial charge on any atom is -0.487 e. The average molecular weight is 173 g/mol. The fourth-order valence-electron chi connectivity index (χ4n) is 1.60. The van der Waals surface area contributed by atoms with Gasteiger partial charge in [0, 0.05) is 11.1 Å². The van der Waals surface area contributed by atoms with E-state index in [-0.39, 0.29) is 0 Å². The third-order valence-corrected chi connectivity index (χ3v) is 2.27. The van der Waals surface area contributed by atoms with Gasteiger partial charge in [0.05, 0.1) is 5.71 Å². The standard InChI is InChI=1S/C11H11NO/c1-7-4-3-5-9-10(12)6-13-8(2)11(7)9/h3-5,12H,2,6H2,1H3. The molecule has 2 rings (SSSR count). The zero-order valence-electron chi connectivity index (χ0n) is 7.55. The fourth-order valence-corrected chi connectivity index (χ4v) is 1.60. The third-order valence-electron chi connectivity index (χ3n) is 2.27. The Kier molecular flexibility index (Phi) is 1.69. The van der Waals surface area contributed by atoms with Crippen LogP contribution in [0.15, 0.2) is 24.8 Å². The molecule has 0 aromatic heterocycles. The summed E-state index contributed by atoms with van der Waals surface area (Å²) in [5.41, 5.74) is 3.59. The monoisotopic (exact) mass is 173 g/mol. The molecule has 2 heteroatoms. The van der Waals surface area contributed by atoms with Crippen molar-refractivity contribution >= 4 is 11.5 Å². The van der Waals surface area contributed by atoms with E-state index >= 15 is 0 Å². The van der Waals surface area contributed by atoms with Gasteiger partial charge in [0.25, 0.3) is 0 Å². The molecule has 1 aliphatic heterocycles. The number of hydrogen-bond acceptors (Lipinski definition) is 2. The fraction of sp³-hybridized carbons (Fsp3) is 0.182. The molecule has 0 aliphatic carbocycles. The highest BCUT2D eigenvalue weighted by molar-refractivity contribution is 6.05. The zero-order valence-corrected chi connectivity index (χ0v) is 7.55. The Morgan fingerprint density at radius 3 is 2.92 bits per heavy atom. The normalized spacial score (nSPS) is 15.2. The van der Waals surface area contributed by atoms with Gasteiger partial charge in [0.15, 0.2) is 0 Å². The van der Waals surface area contributed by atoms with E-state index in [9.17, 15) is 0 Å². The summed E-state index contributed by atoms with van der Waals surface area (Å²) >= 11 is 0. The van der Waals surface area contributed by atoms with Crippen LogP contribution in [-0.2, 0) is 4.74 Å². The minimum absolute atomic E-state index is 0.343. The van der Waals surface area contributed by atoms with E-state index < -0.39 is 0 Å². The van der Waals surface area contributed by atoms with Gasteiger partial charge >= 0.3 is 0 Å². The lowest BCUT2D eigenvalue weighted by Crippen LogP contribution is -2.17. The highest BCUT2D eigenvalue weighted by atomic mass is 16.5. The van der Waals surface area contributed by atoms with E-state index in [1.165, 1.54) is 0 Å². The summed E-state index contributed by atoms with van der Waals surface area (Å²) in [6.07, 6.45) is 0. The van der Waals surface area contributed by atoms with Crippen molar-refractivity contribution in [3.63, 3.8) is 0 Å². The van der Waals surface area contributed by atoms with Crippen molar-refractivity contribution in [1.82, 2.24) is 0 Å². The van der Waals surface area contributed by atoms with Gasteiger partial charge in [-0.25, -0.2) is 0 Å². The highest BCUT2D eigenvalue weighted by Gasteiger charge is 2.19. The zero-order chi connectivity index (χ0) is 9.42. The van der Waals surface area contributed by atoms with Crippen molar-refractivity contribution < 1.29 is 4.74 Å². The van der Waals surface area contributed by atoms with Crippen molar-refractivity contribution in [3.05, 3.63) is 41.5 Å². The number of benzene rings is 1. The van der Waals surface area contributed by atoms with Crippen LogP contribution < -0.4 is 0 Å². The summed E-state index contributed by atoms with van der Waals surface area (Å²) in [5.74, 6) is 0.684. The second-order valence-electron chi connectivity index (χ2n) is 3.19. The van der Waals surface area contributed by atoms with Crippen LogP contribution in [0.1, 0.15) is 16.7 Å². The van der Waals surface area contributed by atoms with Gasteiger partial charge in [-0.15, -0.1) is 0 Å². The Morgan fingerprint density at radius 2 is 2.23 bits per heavy atom. The van der Waals surface area contributed by atoms with Gasteiger partial charge in [0.2, 0.25) is 0 Å². The van der Waals surface area contributed by atoms with Crippen LogP contribution in [0.3, 0.4) is 0 Å². The molecule has 0 fully saturated rings. The van der Waals surface area contributed by atoms with Crippen molar-refractivity contribution in [1.29, 1.82) is 5.41 Å². The SMILES string of the molecule is C=C1OCC(=N)c2cccc(C)c21. The van der Waals surface area contributed by atoms with Crippen LogP contribution in [0.2, 0.25) is 0 Å². The van der Waals surface area contributed by atoms with E-state index in [0.717, 1.165) is 16.7 Å². The first-order valence-electron chi connectivity index (χ1n) is 4.19. The molecule has 0 radical (unpaired) electrons. The molecule has 0 saturated heterocycles. The van der Waals surface area contributed by atoms with Crippen LogP contribution in [0.4, 0.5) is 0 Å². The maximum atomic E-state index is 7.69. The maximum absolute atomic E-state index is 7.69. The van der Waals surface area contributed by atoms with Crippen LogP contribution in [-0.4, -0.2) is 12.3 Å². The van der Waals surface area contributed by atoms with Gasteiger partial charge < -0.3 is 10.1 Å². The highest BCUT2D eigenvalue weighted by Crippen LogP contribution is 2.27. The Hall–Kier alpha value is -1.57. The molecule has 1 heterocycles. The predicted octanol–water partition coefficient (Wildman–Crippen LogP) is 2.36. The topological polar surface area (TPSA) is 33.1 Å². The number of fused-ring (bicyclic) bond motifs is 1. The summed E-state index contributed by atoms with van der Waals surface area (Å²) < 4.78 is 5.28. The summed E-state index contributed by atoms with van der Waals surface area (Å²) in [6.45, 7) is 6.18. The number of hydrogen-bond donors (Lipinski definition) is 1. The predicted molar refractivity (Wildman–Crippen MR) is 53.0 cm³/mol. The third kappa shape index (κ3) is 1.15. The van der Waals surface area contributed by atoms with E-state index in [0.29, 0.717) is 18.1 Å². The average Bonchev–Trinajstić information content (AvgIpc) is 2.12. The van der Waals surface area contributed by atoms with Crippen molar-refractivity contribution in [2.24, 2.45) is 0 Å². The van der Waals surface area contributed by atoms with Crippen molar-refractivity contribution in [2.75, 3.05) is 6.61 Å². The largest absolute Gasteiger partial charge is 0.487 e. The Morgan fingerprint density at radius 1 is 1.46 bits per heavy atom. The molecule has 0 unspecified atom stereocenters. The lowest BCUT2D eigenvalue weighted by Gasteiger charge is -2.21. The van der Waals surface area contributed by atoms with E-state index in [4.69, 9.17) is 10.1 Å². The number of aryl methyl sites for hydroxylation is 1. The van der Waals surface area contributed by atoms with Gasteiger partial charge in [-0.3, -0.25) is 0 Å². The first-order chi connectivity index (χ1) is 6.20. The number of rotatable bonds is 0. The summed E-state index contributed by atoms with van der Waals surface area (Å²) in [6, 6.07) is 5.91. The van der Waals surface area contributed by atoms with Crippen LogP contribution >= 0.6 is 0 Å². The molecule has 0 spiro atoms. The Labute approximate surface area is 77.4 Å². The first kappa shape index (κ1) is 8.05. The van der Waals surface area contributed by atoms with Gasteiger partial charge in [-0.05, 0) is 12.5 Å². The Balaban J connectivity index is 2.70. The molecule has 2 nitrogen and oxygen atoms in total. The molecular formula is C11H11NO. The summed E-state index contributed by atoms with van der Waals surface area (Å²) in [7, 11) is 0. The summed E-state index contributed by atoms with van der Waals surface area (Å²) in [5, 5.41) is 7.69. The first-order valence-corrected chi connectivity index (χ1v) is 4.19. The van der Waals surface area contributed by atoms with Crippen molar-refractivity contribution in [3.8, 4) is 0 Å². The molecule has 0 bridgehead atoms. The molecule has 66 valence electrons.